The van der Waals surface area contributed by atoms with Gasteiger partial charge in [0.25, 0.3) is 0 Å². The summed E-state index contributed by atoms with van der Waals surface area (Å²) in [6.07, 6.45) is 38.1. The van der Waals surface area contributed by atoms with Gasteiger partial charge in [-0.15, -0.1) is 0 Å². The van der Waals surface area contributed by atoms with Gasteiger partial charge in [0.2, 0.25) is 0 Å². The van der Waals surface area contributed by atoms with Crippen LogP contribution < -0.4 is 0 Å². The molecule has 1 aliphatic rings. The maximum atomic E-state index is 10.3. The number of rotatable bonds is 30. The first-order valence-electron chi connectivity index (χ1n) is 18.3. The lowest BCUT2D eigenvalue weighted by atomic mass is 10.0. The number of hydrogen-bond donors (Lipinski definition) is 2. The van der Waals surface area contributed by atoms with E-state index in [-0.39, 0.29) is 0 Å². The molecule has 39 heavy (non-hydrogen) atoms. The van der Waals surface area contributed by atoms with Crippen molar-refractivity contribution in [3.8, 4) is 0 Å². The molecule has 0 aromatic rings. The van der Waals surface area contributed by atoms with Crippen molar-refractivity contribution in [2.24, 2.45) is 0 Å². The molecule has 2 atom stereocenters. The van der Waals surface area contributed by atoms with Crippen molar-refractivity contribution in [3.63, 3.8) is 0 Å². The molecule has 3 nitrogen and oxygen atoms in total. The summed E-state index contributed by atoms with van der Waals surface area (Å²) in [5.41, 5.74) is 0. The Morgan fingerprint density at radius 1 is 0.359 bits per heavy atom. The summed E-state index contributed by atoms with van der Waals surface area (Å²) in [5, 5.41) is 20.6. The van der Waals surface area contributed by atoms with Gasteiger partial charge in [-0.1, -0.05) is 168 Å². The molecular formula is C36H74NO2+. The second kappa shape index (κ2) is 26.8. The molecule has 1 saturated heterocycles. The number of nitrogens with zero attached hydrogens (tertiary/aromatic N) is 1. The van der Waals surface area contributed by atoms with Crippen LogP contribution in [-0.4, -0.2) is 53.1 Å². The molecule has 3 heteroatoms. The average molecular weight is 553 g/mol. The summed E-state index contributed by atoms with van der Waals surface area (Å²) in [5.74, 6) is 0. The summed E-state index contributed by atoms with van der Waals surface area (Å²) >= 11 is 0. The lowest BCUT2D eigenvalue weighted by Crippen LogP contribution is -2.48. The molecule has 234 valence electrons. The number of quaternary nitrogens is 1. The fourth-order valence-electron chi connectivity index (χ4n) is 6.87. The van der Waals surface area contributed by atoms with E-state index in [1.165, 1.54) is 180 Å². The van der Waals surface area contributed by atoms with Crippen LogP contribution in [0.2, 0.25) is 0 Å². The van der Waals surface area contributed by atoms with Crippen LogP contribution in [-0.2, 0) is 0 Å². The zero-order valence-electron chi connectivity index (χ0n) is 27.1. The maximum Gasteiger partial charge on any atom is 0.134 e. The van der Waals surface area contributed by atoms with E-state index in [4.69, 9.17) is 0 Å². The minimum absolute atomic E-state index is 0.511. The van der Waals surface area contributed by atoms with E-state index >= 15 is 0 Å². The minimum atomic E-state index is -0.511. The molecule has 0 aliphatic carbocycles. The Morgan fingerprint density at radius 3 is 0.795 bits per heavy atom. The van der Waals surface area contributed by atoms with Crippen molar-refractivity contribution in [1.29, 1.82) is 0 Å². The number of unbranched alkanes of at least 4 members (excludes halogenated alkanes) is 26. The van der Waals surface area contributed by atoms with Crippen LogP contribution in [0.4, 0.5) is 0 Å². The van der Waals surface area contributed by atoms with Crippen molar-refractivity contribution in [2.45, 2.75) is 206 Å². The van der Waals surface area contributed by atoms with Gasteiger partial charge >= 0.3 is 0 Å². The quantitative estimate of drug-likeness (QED) is 0.0687. The number of likely N-dealkylation sites (tertiary alicyclic amines) is 1. The number of hydrogen-bond acceptors (Lipinski definition) is 2. The van der Waals surface area contributed by atoms with Crippen LogP contribution in [0.25, 0.3) is 0 Å². The minimum Gasteiger partial charge on any atom is -0.384 e. The maximum absolute atomic E-state index is 10.3. The lowest BCUT2D eigenvalue weighted by Gasteiger charge is -2.34. The Kier molecular flexibility index (Phi) is 25.3. The third-order valence-corrected chi connectivity index (χ3v) is 9.56. The molecule has 0 aromatic heterocycles. The first kappa shape index (κ1) is 36.9. The van der Waals surface area contributed by atoms with Crippen LogP contribution in [0.3, 0.4) is 0 Å². The smallest absolute Gasteiger partial charge is 0.134 e. The number of aliphatic hydroxyl groups is 2. The van der Waals surface area contributed by atoms with Crippen LogP contribution in [0.15, 0.2) is 0 Å². The highest BCUT2D eigenvalue weighted by Gasteiger charge is 2.42. The molecule has 0 saturated carbocycles. The number of aliphatic hydroxyl groups excluding tert-OH is 2. The van der Waals surface area contributed by atoms with Gasteiger partial charge in [-0.25, -0.2) is 0 Å². The third-order valence-electron chi connectivity index (χ3n) is 9.56. The molecule has 1 heterocycles. The van der Waals surface area contributed by atoms with E-state index in [0.717, 1.165) is 30.7 Å². The molecule has 0 aromatic carbocycles. The largest absolute Gasteiger partial charge is 0.384 e. The van der Waals surface area contributed by atoms with Gasteiger partial charge in [-0.3, -0.25) is 0 Å². The van der Waals surface area contributed by atoms with Crippen molar-refractivity contribution in [3.05, 3.63) is 0 Å². The predicted molar refractivity (Wildman–Crippen MR) is 172 cm³/mol. The lowest BCUT2D eigenvalue weighted by molar-refractivity contribution is -0.919. The summed E-state index contributed by atoms with van der Waals surface area (Å²) in [6.45, 7) is 8.45. The summed E-state index contributed by atoms with van der Waals surface area (Å²) < 4.78 is 0.971. The second-order valence-electron chi connectivity index (χ2n) is 13.5. The van der Waals surface area contributed by atoms with E-state index in [9.17, 15) is 10.2 Å². The Bertz CT molecular complexity index is 452. The van der Waals surface area contributed by atoms with Gasteiger partial charge in [-0.2, -0.15) is 0 Å². The predicted octanol–water partition coefficient (Wildman–Crippen LogP) is 10.5. The molecule has 0 spiro atoms. The summed E-state index contributed by atoms with van der Waals surface area (Å²) in [7, 11) is 0. The first-order valence-corrected chi connectivity index (χ1v) is 18.3. The molecule has 0 bridgehead atoms. The van der Waals surface area contributed by atoms with Gasteiger partial charge in [0.05, 0.1) is 13.1 Å². The monoisotopic (exact) mass is 553 g/mol. The average Bonchev–Trinajstić information content (AvgIpc) is 3.21. The van der Waals surface area contributed by atoms with Crippen LogP contribution >= 0.6 is 0 Å². The fourth-order valence-corrected chi connectivity index (χ4v) is 6.87. The highest BCUT2D eigenvalue weighted by Crippen LogP contribution is 2.24. The highest BCUT2D eigenvalue weighted by atomic mass is 16.3. The topological polar surface area (TPSA) is 40.5 Å². The fraction of sp³-hybridized carbons (Fsp3) is 1.00. The molecule has 1 fully saturated rings. The standard InChI is InChI=1S/C36H74NO2/c1-3-5-7-9-11-13-15-17-19-21-23-25-27-29-31-37(33-35(38)36(39)34-37)32-30-28-26-24-22-20-18-16-14-12-10-8-6-4-2/h35-36,38-39H,3-34H2,1-2H3/q+1/t35-,36-/m1/s1. The normalized spacial score (nSPS) is 18.8. The van der Waals surface area contributed by atoms with Gasteiger partial charge in [-0.05, 0) is 25.7 Å². The molecule has 1 aliphatic heterocycles. The van der Waals surface area contributed by atoms with Gasteiger partial charge < -0.3 is 14.7 Å². The van der Waals surface area contributed by atoms with E-state index in [1.54, 1.807) is 0 Å². The van der Waals surface area contributed by atoms with Crippen molar-refractivity contribution in [1.82, 2.24) is 0 Å². The molecule has 0 unspecified atom stereocenters. The Labute approximate surface area is 246 Å². The van der Waals surface area contributed by atoms with E-state index in [2.05, 4.69) is 13.8 Å². The molecular weight excluding hydrogens is 478 g/mol. The van der Waals surface area contributed by atoms with Gasteiger partial charge in [0.1, 0.15) is 25.3 Å². The Balaban J connectivity index is 2.00. The second-order valence-corrected chi connectivity index (χ2v) is 13.5. The van der Waals surface area contributed by atoms with E-state index in [0.29, 0.717) is 0 Å². The van der Waals surface area contributed by atoms with Gasteiger partial charge in [0.15, 0.2) is 0 Å². The van der Waals surface area contributed by atoms with E-state index in [1.807, 2.05) is 0 Å². The SMILES string of the molecule is CCCCCCCCCCCCCCCC[N+]1(CCCCCCCCCCCCCCCC)C[C@@H](O)[C@H](O)C1. The van der Waals surface area contributed by atoms with Crippen molar-refractivity contribution in [2.75, 3.05) is 26.2 Å². The highest BCUT2D eigenvalue weighted by molar-refractivity contribution is 4.75. The van der Waals surface area contributed by atoms with Crippen LogP contribution in [0.5, 0.6) is 0 Å². The summed E-state index contributed by atoms with van der Waals surface area (Å²) in [4.78, 5) is 0. The molecule has 0 radical (unpaired) electrons. The zero-order valence-corrected chi connectivity index (χ0v) is 27.1. The Morgan fingerprint density at radius 2 is 0.564 bits per heavy atom. The molecule has 0 amide bonds. The van der Waals surface area contributed by atoms with Crippen molar-refractivity contribution < 1.29 is 14.7 Å². The zero-order chi connectivity index (χ0) is 28.3. The van der Waals surface area contributed by atoms with E-state index < -0.39 is 12.2 Å². The third kappa shape index (κ3) is 21.3. The first-order chi connectivity index (χ1) is 19.1. The van der Waals surface area contributed by atoms with Crippen LogP contribution in [0, 0.1) is 0 Å². The Hall–Kier alpha value is -0.120. The molecule has 1 rings (SSSR count). The van der Waals surface area contributed by atoms with Crippen molar-refractivity contribution >= 4 is 0 Å². The molecule has 2 N–H and O–H groups in total. The van der Waals surface area contributed by atoms with Gasteiger partial charge in [0, 0.05) is 0 Å². The summed E-state index contributed by atoms with van der Waals surface area (Å²) in [6, 6.07) is 0. The van der Waals surface area contributed by atoms with Crippen LogP contribution in [0.1, 0.15) is 194 Å².